The Kier molecular flexibility index (Phi) is 4.54. The highest BCUT2D eigenvalue weighted by atomic mass is 32.1. The van der Waals surface area contributed by atoms with Gasteiger partial charge in [-0.2, -0.15) is 0 Å². The Hall–Kier alpha value is -2.18. The third kappa shape index (κ3) is 3.04. The highest BCUT2D eigenvalue weighted by Gasteiger charge is 2.54. The quantitative estimate of drug-likeness (QED) is 0.894. The van der Waals surface area contributed by atoms with E-state index in [1.807, 2.05) is 57.6 Å². The number of benzene rings is 1. The van der Waals surface area contributed by atoms with Gasteiger partial charge in [-0.3, -0.25) is 9.59 Å². The van der Waals surface area contributed by atoms with E-state index in [9.17, 15) is 14.7 Å². The molecule has 1 aromatic heterocycles. The summed E-state index contributed by atoms with van der Waals surface area (Å²) >= 11 is 1.59. The Morgan fingerprint density at radius 3 is 2.46 bits per heavy atom. The lowest BCUT2D eigenvalue weighted by molar-refractivity contribution is -0.130. The van der Waals surface area contributed by atoms with Crippen molar-refractivity contribution in [3.63, 3.8) is 0 Å². The van der Waals surface area contributed by atoms with Crippen molar-refractivity contribution in [3.8, 4) is 0 Å². The predicted molar refractivity (Wildman–Crippen MR) is 100.0 cm³/mol. The summed E-state index contributed by atoms with van der Waals surface area (Å²) in [4.78, 5) is 30.1. The van der Waals surface area contributed by atoms with E-state index in [4.69, 9.17) is 0 Å². The number of likely N-dealkylation sites (tertiary alicyclic amines) is 2. The summed E-state index contributed by atoms with van der Waals surface area (Å²) < 4.78 is 0. The molecule has 2 aliphatic heterocycles. The summed E-state index contributed by atoms with van der Waals surface area (Å²) in [7, 11) is 0. The molecule has 2 aliphatic rings. The zero-order valence-corrected chi connectivity index (χ0v) is 15.3. The molecule has 0 radical (unpaired) electrons. The van der Waals surface area contributed by atoms with E-state index in [1.165, 1.54) is 0 Å². The summed E-state index contributed by atoms with van der Waals surface area (Å²) in [5, 5.41) is 12.1. The van der Waals surface area contributed by atoms with Crippen molar-refractivity contribution in [1.82, 2.24) is 9.80 Å². The second-order valence-electron chi connectivity index (χ2n) is 7.30. The third-order valence-corrected chi connectivity index (χ3v) is 6.52. The van der Waals surface area contributed by atoms with Crippen molar-refractivity contribution in [3.05, 3.63) is 58.3 Å². The molecule has 2 saturated heterocycles. The molecule has 136 valence electrons. The highest BCUT2D eigenvalue weighted by molar-refractivity contribution is 7.10. The van der Waals surface area contributed by atoms with Gasteiger partial charge in [-0.05, 0) is 23.6 Å². The number of amides is 2. The van der Waals surface area contributed by atoms with Crippen LogP contribution in [0.5, 0.6) is 0 Å². The van der Waals surface area contributed by atoms with Gasteiger partial charge in [-0.15, -0.1) is 11.3 Å². The van der Waals surface area contributed by atoms with Crippen LogP contribution >= 0.6 is 11.3 Å². The van der Waals surface area contributed by atoms with Gasteiger partial charge in [0.2, 0.25) is 5.91 Å². The van der Waals surface area contributed by atoms with E-state index in [0.717, 1.165) is 4.88 Å². The van der Waals surface area contributed by atoms with Crippen LogP contribution in [0.25, 0.3) is 0 Å². The van der Waals surface area contributed by atoms with Crippen LogP contribution in [0.4, 0.5) is 0 Å². The van der Waals surface area contributed by atoms with Gasteiger partial charge in [0, 0.05) is 48.0 Å². The Morgan fingerprint density at radius 1 is 1.08 bits per heavy atom. The average Bonchev–Trinajstić information content (AvgIpc) is 3.36. The molecule has 26 heavy (non-hydrogen) atoms. The summed E-state index contributed by atoms with van der Waals surface area (Å²) in [5.41, 5.74) is 0.279. The summed E-state index contributed by atoms with van der Waals surface area (Å²) in [6.07, 6.45) is 0.415. The normalized spacial score (nSPS) is 24.7. The van der Waals surface area contributed by atoms with Crippen LogP contribution in [0, 0.1) is 11.3 Å². The van der Waals surface area contributed by atoms with Gasteiger partial charge in [0.1, 0.15) is 0 Å². The first-order valence-electron chi connectivity index (χ1n) is 8.87. The maximum atomic E-state index is 12.7. The maximum absolute atomic E-state index is 12.7. The van der Waals surface area contributed by atoms with Crippen LogP contribution in [0.15, 0.2) is 47.8 Å². The van der Waals surface area contributed by atoms with Gasteiger partial charge < -0.3 is 14.9 Å². The Bertz CT molecular complexity index is 793. The van der Waals surface area contributed by atoms with Gasteiger partial charge in [0.15, 0.2) is 0 Å². The van der Waals surface area contributed by atoms with Crippen LogP contribution in [0.2, 0.25) is 0 Å². The fraction of sp³-hybridized carbons (Fsp3) is 0.400. The minimum Gasteiger partial charge on any atom is -0.396 e. The Balaban J connectivity index is 1.44. The lowest BCUT2D eigenvalue weighted by Crippen LogP contribution is -2.40. The van der Waals surface area contributed by atoms with Crippen molar-refractivity contribution in [1.29, 1.82) is 0 Å². The molecule has 2 aromatic rings. The molecule has 1 aromatic carbocycles. The number of hydrogen-bond donors (Lipinski definition) is 1. The summed E-state index contributed by atoms with van der Waals surface area (Å²) in [6.45, 7) is 2.24. The lowest BCUT2D eigenvalue weighted by Gasteiger charge is -2.27. The Labute approximate surface area is 156 Å². The fourth-order valence-electron chi connectivity index (χ4n) is 4.19. The molecule has 6 heteroatoms. The molecular weight excluding hydrogens is 348 g/mol. The fourth-order valence-corrected chi connectivity index (χ4v) is 4.88. The lowest BCUT2D eigenvalue weighted by atomic mass is 9.82. The van der Waals surface area contributed by atoms with Crippen LogP contribution in [0.1, 0.15) is 15.2 Å². The number of thiophene rings is 1. The largest absolute Gasteiger partial charge is 0.396 e. The van der Waals surface area contributed by atoms with Gasteiger partial charge in [0.25, 0.3) is 5.91 Å². The molecule has 5 nitrogen and oxygen atoms in total. The standard InChI is InChI=1S/C20H22N2O3S/c23-14-20-12-21(18(24)9-17-7-4-8-26-17)10-16(20)11-22(13-20)19(25)15-5-2-1-3-6-15/h1-8,16,23H,9-14H2/t16-,20+/m0/s1. The molecule has 0 unspecified atom stereocenters. The van der Waals surface area contributed by atoms with Crippen LogP contribution in [0.3, 0.4) is 0 Å². The minimum absolute atomic E-state index is 0.000974. The van der Waals surface area contributed by atoms with Gasteiger partial charge >= 0.3 is 0 Å². The number of carbonyl (C=O) groups excluding carboxylic acids is 2. The molecule has 2 atom stereocenters. The molecular formula is C20H22N2O3S. The molecule has 0 spiro atoms. The monoisotopic (exact) mass is 370 g/mol. The van der Waals surface area contributed by atoms with E-state index < -0.39 is 5.41 Å². The van der Waals surface area contributed by atoms with Crippen LogP contribution in [-0.2, 0) is 11.2 Å². The summed E-state index contributed by atoms with van der Waals surface area (Å²) in [5.74, 6) is 0.243. The number of nitrogens with zero attached hydrogens (tertiary/aromatic N) is 2. The number of fused-ring (bicyclic) bond motifs is 1. The molecule has 4 rings (SSSR count). The first-order valence-corrected chi connectivity index (χ1v) is 9.75. The van der Waals surface area contributed by atoms with E-state index in [-0.39, 0.29) is 24.3 Å². The summed E-state index contributed by atoms with van der Waals surface area (Å²) in [6, 6.07) is 13.2. The second kappa shape index (κ2) is 6.85. The number of aliphatic hydroxyl groups excluding tert-OH is 1. The van der Waals surface area contributed by atoms with Crippen LogP contribution in [-0.4, -0.2) is 59.5 Å². The van der Waals surface area contributed by atoms with Gasteiger partial charge in [-0.25, -0.2) is 0 Å². The first kappa shape index (κ1) is 17.2. The van der Waals surface area contributed by atoms with E-state index in [1.54, 1.807) is 11.3 Å². The van der Waals surface area contributed by atoms with Crippen molar-refractivity contribution in [2.75, 3.05) is 32.8 Å². The molecule has 2 amide bonds. The molecule has 0 saturated carbocycles. The number of hydrogen-bond acceptors (Lipinski definition) is 4. The molecule has 0 aliphatic carbocycles. The maximum Gasteiger partial charge on any atom is 0.253 e. The third-order valence-electron chi connectivity index (χ3n) is 5.64. The van der Waals surface area contributed by atoms with Crippen molar-refractivity contribution in [2.24, 2.45) is 11.3 Å². The zero-order valence-electron chi connectivity index (χ0n) is 14.5. The van der Waals surface area contributed by atoms with Crippen molar-refractivity contribution in [2.45, 2.75) is 6.42 Å². The highest BCUT2D eigenvalue weighted by Crippen LogP contribution is 2.42. The smallest absolute Gasteiger partial charge is 0.253 e. The molecule has 0 bridgehead atoms. The number of aliphatic hydroxyl groups is 1. The van der Waals surface area contributed by atoms with Crippen molar-refractivity contribution < 1.29 is 14.7 Å². The average molecular weight is 370 g/mol. The molecule has 2 fully saturated rings. The topological polar surface area (TPSA) is 60.9 Å². The van der Waals surface area contributed by atoms with E-state index >= 15 is 0 Å². The molecule has 1 N–H and O–H groups in total. The van der Waals surface area contributed by atoms with E-state index in [2.05, 4.69) is 0 Å². The first-order chi connectivity index (χ1) is 12.6. The number of carbonyl (C=O) groups is 2. The predicted octanol–water partition coefficient (Wildman–Crippen LogP) is 1.88. The van der Waals surface area contributed by atoms with E-state index in [0.29, 0.717) is 38.2 Å². The van der Waals surface area contributed by atoms with Gasteiger partial charge in [-0.1, -0.05) is 24.3 Å². The van der Waals surface area contributed by atoms with Crippen molar-refractivity contribution >= 4 is 23.2 Å². The SMILES string of the molecule is O=C(Cc1cccs1)N1C[C@H]2CN(C(=O)c3ccccc3)C[C@@]2(CO)C1. The minimum atomic E-state index is -0.393. The molecule has 3 heterocycles. The second-order valence-corrected chi connectivity index (χ2v) is 8.33. The van der Waals surface area contributed by atoms with Crippen LogP contribution < -0.4 is 0 Å². The van der Waals surface area contributed by atoms with Gasteiger partial charge in [0.05, 0.1) is 13.0 Å². The Morgan fingerprint density at radius 2 is 1.81 bits per heavy atom. The zero-order chi connectivity index (χ0) is 18.1. The number of rotatable bonds is 4.